The molecule has 1 fully saturated rings. The van der Waals surface area contributed by atoms with Crippen LogP contribution in [0.25, 0.3) is 11.3 Å². The van der Waals surface area contributed by atoms with Crippen molar-refractivity contribution in [1.82, 2.24) is 9.97 Å². The van der Waals surface area contributed by atoms with Crippen molar-refractivity contribution in [3.8, 4) is 17.0 Å². The maximum absolute atomic E-state index is 13.9. The highest BCUT2D eigenvalue weighted by Crippen LogP contribution is 2.41. The van der Waals surface area contributed by atoms with E-state index in [0.717, 1.165) is 24.4 Å². The quantitative estimate of drug-likeness (QED) is 0.266. The van der Waals surface area contributed by atoms with Gasteiger partial charge >= 0.3 is 12.1 Å². The highest BCUT2D eigenvalue weighted by atomic mass is 35.5. The van der Waals surface area contributed by atoms with Crippen LogP contribution in [-0.4, -0.2) is 40.2 Å². The molecule has 208 valence electrons. The first-order chi connectivity index (χ1) is 18.4. The van der Waals surface area contributed by atoms with Crippen molar-refractivity contribution in [2.45, 2.75) is 50.9 Å². The zero-order chi connectivity index (χ0) is 28.4. The number of carboxylic acids is 1. The third-order valence-corrected chi connectivity index (χ3v) is 7.25. The van der Waals surface area contributed by atoms with Gasteiger partial charge in [-0.25, -0.2) is 9.97 Å². The smallest absolute Gasteiger partial charge is 0.418 e. The Morgan fingerprint density at radius 2 is 1.97 bits per heavy atom. The number of carbonyl (C=O) groups is 1. The number of pyridine rings is 2. The molecule has 1 aromatic carbocycles. The highest BCUT2D eigenvalue weighted by Gasteiger charge is 2.38. The first-order valence-corrected chi connectivity index (χ1v) is 13.5. The number of anilines is 2. The van der Waals surface area contributed by atoms with Crippen LogP contribution in [0.2, 0.25) is 5.02 Å². The van der Waals surface area contributed by atoms with Gasteiger partial charge in [0.1, 0.15) is 22.4 Å². The van der Waals surface area contributed by atoms with Crippen LogP contribution in [0.1, 0.15) is 39.2 Å². The molecule has 12 heteroatoms. The third-order valence-electron chi connectivity index (χ3n) is 6.27. The summed E-state index contributed by atoms with van der Waals surface area (Å²) in [7, 11) is 0. The predicted molar refractivity (Wildman–Crippen MR) is 146 cm³/mol. The first kappa shape index (κ1) is 28.8. The minimum absolute atomic E-state index is 0.129. The van der Waals surface area contributed by atoms with Crippen LogP contribution in [0.3, 0.4) is 0 Å². The number of nitrogens with one attached hydrogen (secondary N) is 1. The molecular weight excluding hydrogens is 553 g/mol. The van der Waals surface area contributed by atoms with Gasteiger partial charge in [-0.1, -0.05) is 17.7 Å². The maximum Gasteiger partial charge on any atom is 0.418 e. The molecule has 1 atom stereocenters. The molecule has 0 amide bonds. The van der Waals surface area contributed by atoms with Crippen LogP contribution in [0.15, 0.2) is 53.6 Å². The Kier molecular flexibility index (Phi) is 8.51. The predicted octanol–water partition coefficient (Wildman–Crippen LogP) is 7.41. The number of carboxylic acid groups (broad SMARTS) is 1. The summed E-state index contributed by atoms with van der Waals surface area (Å²) >= 11 is 7.22. The number of rotatable bonds is 8. The van der Waals surface area contributed by atoms with Gasteiger partial charge < -0.3 is 19.5 Å². The lowest BCUT2D eigenvalue weighted by molar-refractivity contribution is -0.148. The van der Waals surface area contributed by atoms with E-state index < -0.39 is 23.1 Å². The van der Waals surface area contributed by atoms with Gasteiger partial charge in [0.05, 0.1) is 22.8 Å². The van der Waals surface area contributed by atoms with Crippen molar-refractivity contribution in [2.24, 2.45) is 5.41 Å². The number of alkyl halides is 3. The van der Waals surface area contributed by atoms with Crippen LogP contribution >= 0.6 is 23.5 Å². The topological polar surface area (TPSA) is 87.6 Å². The number of benzene rings is 1. The lowest BCUT2D eigenvalue weighted by Crippen LogP contribution is -2.46. The minimum atomic E-state index is -4.65. The van der Waals surface area contributed by atoms with E-state index in [9.17, 15) is 23.1 Å². The molecule has 1 aliphatic heterocycles. The van der Waals surface area contributed by atoms with Gasteiger partial charge in [0.15, 0.2) is 0 Å². The molecular formula is C27H28ClF3N4O3S. The van der Waals surface area contributed by atoms with E-state index in [2.05, 4.69) is 14.7 Å². The summed E-state index contributed by atoms with van der Waals surface area (Å²) in [5.74, 6) is 0.207. The largest absolute Gasteiger partial charge is 0.490 e. The number of halogens is 4. The molecule has 0 saturated carbocycles. The molecule has 0 aliphatic carbocycles. The first-order valence-electron chi connectivity index (χ1n) is 12.3. The Labute approximate surface area is 233 Å². The van der Waals surface area contributed by atoms with E-state index in [4.69, 9.17) is 16.3 Å². The second kappa shape index (κ2) is 11.5. The van der Waals surface area contributed by atoms with Crippen molar-refractivity contribution in [1.29, 1.82) is 0 Å². The number of hydrogen-bond acceptors (Lipinski definition) is 7. The van der Waals surface area contributed by atoms with Crippen LogP contribution in [0.4, 0.5) is 24.8 Å². The second-order valence-corrected chi connectivity index (χ2v) is 11.1. The fourth-order valence-corrected chi connectivity index (χ4v) is 5.13. The fraction of sp³-hybridized carbons (Fsp3) is 0.370. The van der Waals surface area contributed by atoms with E-state index in [0.29, 0.717) is 30.4 Å². The van der Waals surface area contributed by atoms with E-state index in [-0.39, 0.29) is 34.0 Å². The Morgan fingerprint density at radius 3 is 2.67 bits per heavy atom. The minimum Gasteiger partial charge on any atom is -0.490 e. The number of piperidine rings is 1. The number of hydrogen-bond donors (Lipinski definition) is 2. The summed E-state index contributed by atoms with van der Waals surface area (Å²) in [4.78, 5) is 22.6. The van der Waals surface area contributed by atoms with E-state index >= 15 is 0 Å². The van der Waals surface area contributed by atoms with Crippen molar-refractivity contribution in [3.63, 3.8) is 0 Å². The second-order valence-electron chi connectivity index (χ2n) is 9.83. The molecule has 3 heterocycles. The zero-order valence-electron chi connectivity index (χ0n) is 21.6. The van der Waals surface area contributed by atoms with Gasteiger partial charge in [0, 0.05) is 35.6 Å². The Bertz CT molecular complexity index is 1360. The monoisotopic (exact) mass is 580 g/mol. The Balaban J connectivity index is 1.60. The number of aliphatic carboxylic acids is 1. The van der Waals surface area contributed by atoms with Crippen molar-refractivity contribution < 1.29 is 27.8 Å². The van der Waals surface area contributed by atoms with E-state index in [1.54, 1.807) is 39.0 Å². The molecule has 1 saturated heterocycles. The van der Waals surface area contributed by atoms with Crippen LogP contribution in [-0.2, 0) is 11.0 Å². The van der Waals surface area contributed by atoms with Gasteiger partial charge in [-0.15, -0.1) is 0 Å². The van der Waals surface area contributed by atoms with Gasteiger partial charge in [-0.05, 0) is 76.1 Å². The van der Waals surface area contributed by atoms with Crippen molar-refractivity contribution in [3.05, 3.63) is 59.1 Å². The molecule has 39 heavy (non-hydrogen) atoms. The van der Waals surface area contributed by atoms with Gasteiger partial charge in [0.25, 0.3) is 0 Å². The molecule has 2 aromatic heterocycles. The summed E-state index contributed by atoms with van der Waals surface area (Å²) < 4.78 is 50.6. The lowest BCUT2D eigenvalue weighted by atomic mass is 9.82. The number of nitrogens with zero attached hydrogens (tertiary/aromatic N) is 3. The maximum atomic E-state index is 13.9. The average molecular weight is 581 g/mol. The standard InChI is InChI=1S/C27H28ClF3N4O3S/c1-16(2)38-20-10-8-17(28)14-18(20)24-19(27(29,30)31)9-11-21(32-24)34-39-23-7-4-6-22(33-23)35-13-5-12-26(3,15-35)25(36)37/h4,6-11,14,16H,5,12-13,15H2,1-3H3,(H,32,34)(H,36,37). The Hall–Kier alpha value is -3.18. The lowest BCUT2D eigenvalue weighted by Gasteiger charge is -2.38. The molecule has 2 N–H and O–H groups in total. The summed E-state index contributed by atoms with van der Waals surface area (Å²) in [6.45, 7) is 6.30. The summed E-state index contributed by atoms with van der Waals surface area (Å²) in [6, 6.07) is 12.1. The molecule has 7 nitrogen and oxygen atoms in total. The summed E-state index contributed by atoms with van der Waals surface area (Å²) in [5, 5.41) is 10.4. The van der Waals surface area contributed by atoms with E-state index in [1.165, 1.54) is 18.2 Å². The van der Waals surface area contributed by atoms with Crippen molar-refractivity contribution in [2.75, 3.05) is 22.7 Å². The van der Waals surface area contributed by atoms with Crippen LogP contribution in [0, 0.1) is 5.41 Å². The van der Waals surface area contributed by atoms with Gasteiger partial charge in [-0.2, -0.15) is 13.2 Å². The number of aromatic nitrogens is 2. The molecule has 1 aliphatic rings. The summed E-state index contributed by atoms with van der Waals surface area (Å²) in [6.07, 6.45) is -3.61. The molecule has 0 spiro atoms. The number of ether oxygens (including phenoxy) is 1. The summed E-state index contributed by atoms with van der Waals surface area (Å²) in [5.41, 5.74) is -1.96. The molecule has 1 unspecified atom stereocenters. The molecule has 0 bridgehead atoms. The average Bonchev–Trinajstić information content (AvgIpc) is 2.87. The van der Waals surface area contributed by atoms with Gasteiger partial charge in [-0.3, -0.25) is 4.79 Å². The molecule has 0 radical (unpaired) electrons. The van der Waals surface area contributed by atoms with Crippen molar-refractivity contribution >= 4 is 41.2 Å². The normalized spacial score (nSPS) is 17.8. The van der Waals surface area contributed by atoms with Crippen LogP contribution in [0.5, 0.6) is 5.75 Å². The fourth-order valence-electron chi connectivity index (χ4n) is 4.35. The highest BCUT2D eigenvalue weighted by molar-refractivity contribution is 8.00. The van der Waals surface area contributed by atoms with E-state index in [1.807, 2.05) is 11.0 Å². The SMILES string of the molecule is CC(C)Oc1ccc(Cl)cc1-c1nc(NSc2cccc(N3CCCC(C)(C(=O)O)C3)n2)ccc1C(F)(F)F. The van der Waals surface area contributed by atoms with Gasteiger partial charge in [0.2, 0.25) is 0 Å². The van der Waals surface area contributed by atoms with Crippen LogP contribution < -0.4 is 14.4 Å². The Morgan fingerprint density at radius 1 is 1.21 bits per heavy atom. The molecule has 3 aromatic rings. The third kappa shape index (κ3) is 6.88. The molecule has 4 rings (SSSR count). The zero-order valence-corrected chi connectivity index (χ0v) is 23.1.